The summed E-state index contributed by atoms with van der Waals surface area (Å²) in [6.07, 6.45) is 2.08. The lowest BCUT2D eigenvalue weighted by Crippen LogP contribution is -2.12. The van der Waals surface area contributed by atoms with E-state index >= 15 is 0 Å². The maximum Gasteiger partial charge on any atom is 0.337 e. The number of anilines is 1. The molecule has 1 aromatic carbocycles. The lowest BCUT2D eigenvalue weighted by atomic mass is 10.2. The number of amides is 1. The number of ether oxygens (including phenoxy) is 1. The van der Waals surface area contributed by atoms with Crippen LogP contribution in [-0.2, 0) is 9.53 Å². The Bertz CT molecular complexity index is 401. The lowest BCUT2D eigenvalue weighted by molar-refractivity contribution is -0.116. The van der Waals surface area contributed by atoms with Crippen molar-refractivity contribution in [3.63, 3.8) is 0 Å². The fourth-order valence-corrected chi connectivity index (χ4v) is 1.46. The quantitative estimate of drug-likeness (QED) is 0.592. The zero-order valence-corrected chi connectivity index (χ0v) is 10.4. The first-order valence-electron chi connectivity index (χ1n) is 5.85. The third kappa shape index (κ3) is 4.55. The summed E-state index contributed by atoms with van der Waals surface area (Å²) in [5.41, 5.74) is 6.47. The Morgan fingerprint density at radius 1 is 1.22 bits per heavy atom. The highest BCUT2D eigenvalue weighted by Crippen LogP contribution is 2.11. The number of nitrogens with two attached hydrogens (primary N) is 1. The van der Waals surface area contributed by atoms with Gasteiger partial charge in [-0.15, -0.1) is 0 Å². The monoisotopic (exact) mass is 250 g/mol. The van der Waals surface area contributed by atoms with Gasteiger partial charge in [0.1, 0.15) is 0 Å². The molecule has 0 spiro atoms. The number of carbonyl (C=O) groups excluding carboxylic acids is 2. The third-order valence-electron chi connectivity index (χ3n) is 2.45. The van der Waals surface area contributed by atoms with Crippen LogP contribution >= 0.6 is 0 Å². The fourth-order valence-electron chi connectivity index (χ4n) is 1.46. The summed E-state index contributed by atoms with van der Waals surface area (Å²) in [4.78, 5) is 22.7. The average Bonchev–Trinajstić information content (AvgIpc) is 2.39. The number of rotatable bonds is 6. The molecule has 1 aromatic rings. The molecule has 1 amide bonds. The molecule has 0 aliphatic carbocycles. The summed E-state index contributed by atoms with van der Waals surface area (Å²) in [6, 6.07) is 6.57. The van der Waals surface area contributed by atoms with E-state index in [4.69, 9.17) is 5.73 Å². The second-order valence-corrected chi connectivity index (χ2v) is 3.86. The van der Waals surface area contributed by atoms with E-state index in [0.29, 0.717) is 24.2 Å². The molecular formula is C13H18N2O3. The van der Waals surface area contributed by atoms with E-state index < -0.39 is 5.97 Å². The van der Waals surface area contributed by atoms with Gasteiger partial charge in [-0.25, -0.2) is 4.79 Å². The van der Waals surface area contributed by atoms with Gasteiger partial charge >= 0.3 is 5.97 Å². The molecule has 5 heteroatoms. The van der Waals surface area contributed by atoms with E-state index in [1.54, 1.807) is 24.3 Å². The number of carbonyl (C=O) groups is 2. The van der Waals surface area contributed by atoms with Crippen molar-refractivity contribution in [2.75, 3.05) is 19.0 Å². The highest BCUT2D eigenvalue weighted by atomic mass is 16.5. The van der Waals surface area contributed by atoms with Gasteiger partial charge in [-0.3, -0.25) is 4.79 Å². The molecule has 3 N–H and O–H groups in total. The topological polar surface area (TPSA) is 81.4 Å². The summed E-state index contributed by atoms with van der Waals surface area (Å²) >= 11 is 0. The largest absolute Gasteiger partial charge is 0.465 e. The highest BCUT2D eigenvalue weighted by Gasteiger charge is 2.06. The number of nitrogens with one attached hydrogen (secondary N) is 1. The summed E-state index contributed by atoms with van der Waals surface area (Å²) in [7, 11) is 1.33. The molecule has 18 heavy (non-hydrogen) atoms. The first kappa shape index (κ1) is 14.2. The Morgan fingerprint density at radius 3 is 2.44 bits per heavy atom. The molecule has 0 bridgehead atoms. The van der Waals surface area contributed by atoms with Crippen molar-refractivity contribution < 1.29 is 14.3 Å². The molecule has 0 radical (unpaired) electrons. The van der Waals surface area contributed by atoms with E-state index in [9.17, 15) is 9.59 Å². The molecule has 0 unspecified atom stereocenters. The molecule has 0 fully saturated rings. The van der Waals surface area contributed by atoms with Gasteiger partial charge in [0.25, 0.3) is 0 Å². The van der Waals surface area contributed by atoms with Crippen LogP contribution in [0.25, 0.3) is 0 Å². The first-order chi connectivity index (χ1) is 8.67. The van der Waals surface area contributed by atoms with E-state index in [0.717, 1.165) is 12.8 Å². The van der Waals surface area contributed by atoms with Gasteiger partial charge in [-0.05, 0) is 43.7 Å². The van der Waals surface area contributed by atoms with Crippen molar-refractivity contribution in [2.45, 2.75) is 19.3 Å². The van der Waals surface area contributed by atoms with Gasteiger partial charge in [-0.1, -0.05) is 0 Å². The number of esters is 1. The number of hydrogen-bond acceptors (Lipinski definition) is 4. The van der Waals surface area contributed by atoms with Crippen LogP contribution in [0.2, 0.25) is 0 Å². The molecule has 0 aromatic heterocycles. The van der Waals surface area contributed by atoms with Gasteiger partial charge in [0, 0.05) is 12.1 Å². The van der Waals surface area contributed by atoms with Crippen LogP contribution in [0.1, 0.15) is 29.6 Å². The van der Waals surface area contributed by atoms with Crippen molar-refractivity contribution in [3.05, 3.63) is 29.8 Å². The van der Waals surface area contributed by atoms with Gasteiger partial charge in [0.2, 0.25) is 5.91 Å². The van der Waals surface area contributed by atoms with Crippen LogP contribution in [0.4, 0.5) is 5.69 Å². The van der Waals surface area contributed by atoms with E-state index in [-0.39, 0.29) is 5.91 Å². The minimum Gasteiger partial charge on any atom is -0.465 e. The molecule has 98 valence electrons. The second kappa shape index (κ2) is 7.45. The van der Waals surface area contributed by atoms with Crippen molar-refractivity contribution in [3.8, 4) is 0 Å². The minimum atomic E-state index is -0.393. The second-order valence-electron chi connectivity index (χ2n) is 3.86. The number of methoxy groups -OCH3 is 1. The van der Waals surface area contributed by atoms with Gasteiger partial charge in [0.15, 0.2) is 0 Å². The van der Waals surface area contributed by atoms with E-state index in [1.807, 2.05) is 0 Å². The predicted molar refractivity (Wildman–Crippen MR) is 69.3 cm³/mol. The van der Waals surface area contributed by atoms with Crippen LogP contribution in [0.3, 0.4) is 0 Å². The first-order valence-corrected chi connectivity index (χ1v) is 5.85. The Morgan fingerprint density at radius 2 is 1.89 bits per heavy atom. The van der Waals surface area contributed by atoms with Crippen molar-refractivity contribution in [1.29, 1.82) is 0 Å². The average molecular weight is 250 g/mol. The van der Waals surface area contributed by atoms with Crippen LogP contribution in [0, 0.1) is 0 Å². The van der Waals surface area contributed by atoms with Gasteiger partial charge < -0.3 is 15.8 Å². The summed E-state index contributed by atoms with van der Waals surface area (Å²) in [5.74, 6) is -0.440. The molecule has 0 saturated carbocycles. The predicted octanol–water partition coefficient (Wildman–Crippen LogP) is 1.54. The summed E-state index contributed by atoms with van der Waals surface area (Å²) in [6.45, 7) is 0.598. The third-order valence-corrected chi connectivity index (χ3v) is 2.45. The molecule has 1 rings (SSSR count). The zero-order chi connectivity index (χ0) is 13.4. The minimum absolute atomic E-state index is 0.0470. The maximum atomic E-state index is 11.5. The SMILES string of the molecule is COC(=O)c1ccc(NC(=O)CCCCN)cc1. The Balaban J connectivity index is 2.48. The molecule has 0 atom stereocenters. The Hall–Kier alpha value is -1.88. The Kier molecular flexibility index (Phi) is 5.87. The number of unbranched alkanes of at least 4 members (excludes halogenated alkanes) is 1. The van der Waals surface area contributed by atoms with Crippen LogP contribution < -0.4 is 11.1 Å². The normalized spacial score (nSPS) is 9.89. The van der Waals surface area contributed by atoms with Crippen LogP contribution in [-0.4, -0.2) is 25.5 Å². The van der Waals surface area contributed by atoms with Crippen LogP contribution in [0.15, 0.2) is 24.3 Å². The summed E-state index contributed by atoms with van der Waals surface area (Å²) in [5, 5.41) is 2.75. The molecule has 0 aliphatic rings. The van der Waals surface area contributed by atoms with Crippen LogP contribution in [0.5, 0.6) is 0 Å². The Labute approximate surface area is 106 Å². The fraction of sp³-hybridized carbons (Fsp3) is 0.385. The zero-order valence-electron chi connectivity index (χ0n) is 10.4. The molecule has 5 nitrogen and oxygen atoms in total. The van der Waals surface area contributed by atoms with Crippen molar-refractivity contribution >= 4 is 17.6 Å². The maximum absolute atomic E-state index is 11.5. The molecule has 0 saturated heterocycles. The van der Waals surface area contributed by atoms with Crippen molar-refractivity contribution in [2.24, 2.45) is 5.73 Å². The smallest absolute Gasteiger partial charge is 0.337 e. The molecule has 0 aliphatic heterocycles. The molecular weight excluding hydrogens is 232 g/mol. The highest BCUT2D eigenvalue weighted by molar-refractivity contribution is 5.92. The van der Waals surface area contributed by atoms with Crippen molar-refractivity contribution in [1.82, 2.24) is 0 Å². The molecule has 0 heterocycles. The number of benzene rings is 1. The van der Waals surface area contributed by atoms with E-state index in [2.05, 4.69) is 10.1 Å². The number of hydrogen-bond donors (Lipinski definition) is 2. The van der Waals surface area contributed by atoms with Gasteiger partial charge in [0.05, 0.1) is 12.7 Å². The lowest BCUT2D eigenvalue weighted by Gasteiger charge is -2.05. The van der Waals surface area contributed by atoms with Gasteiger partial charge in [-0.2, -0.15) is 0 Å². The standard InChI is InChI=1S/C13H18N2O3/c1-18-13(17)10-5-7-11(8-6-10)15-12(16)4-2-3-9-14/h5-8H,2-4,9,14H2,1H3,(H,15,16). The summed E-state index contributed by atoms with van der Waals surface area (Å²) < 4.78 is 4.58. The van der Waals surface area contributed by atoms with E-state index in [1.165, 1.54) is 7.11 Å².